The van der Waals surface area contributed by atoms with Crippen LogP contribution >= 0.6 is 0 Å². The summed E-state index contributed by atoms with van der Waals surface area (Å²) < 4.78 is 11.2. The molecule has 51 heavy (non-hydrogen) atoms. The Morgan fingerprint density at radius 1 is 0.255 bits per heavy atom. The van der Waals surface area contributed by atoms with Crippen LogP contribution in [-0.2, 0) is 0 Å². The van der Waals surface area contributed by atoms with Gasteiger partial charge < -0.3 is 13.6 Å². The normalized spacial score (nSPS) is 12.3. The summed E-state index contributed by atoms with van der Waals surface area (Å²) in [6.45, 7) is 0. The van der Waals surface area contributed by atoms with E-state index in [-0.39, 0.29) is 0 Å². The van der Waals surface area contributed by atoms with Crippen molar-refractivity contribution in [3.8, 4) is 11.4 Å². The van der Waals surface area contributed by atoms with Crippen LogP contribution in [0.4, 0.5) is 0 Å². The van der Waals surface area contributed by atoms with Crippen molar-refractivity contribution in [2.75, 3.05) is 0 Å². The minimum atomic E-state index is 0.897. The van der Waals surface area contributed by atoms with Crippen molar-refractivity contribution in [1.29, 1.82) is 0 Å². The molecule has 0 aliphatic rings. The van der Waals surface area contributed by atoms with Crippen molar-refractivity contribution >= 4 is 97.9 Å². The van der Waals surface area contributed by atoms with Crippen LogP contribution in [0.3, 0.4) is 0 Å². The maximum atomic E-state index is 6.36. The van der Waals surface area contributed by atoms with Gasteiger partial charge in [-0.05, 0) is 86.9 Å². The van der Waals surface area contributed by atoms with E-state index in [1.807, 2.05) is 12.1 Å². The topological polar surface area (TPSA) is 23.0 Å². The SMILES string of the molecule is c1ccc2c(c1)oc1cc(-n3c4ccccc4c4cc5c(cc43)c3ccccc3n5-c3ccc4c5ccccc5c5ccccc5c4c3)ccc12. The lowest BCUT2D eigenvalue weighted by molar-refractivity contribution is 0.668. The second kappa shape index (κ2) is 9.87. The van der Waals surface area contributed by atoms with Crippen LogP contribution in [0.2, 0.25) is 0 Å². The summed E-state index contributed by atoms with van der Waals surface area (Å²) in [5.74, 6) is 0. The van der Waals surface area contributed by atoms with Gasteiger partial charge in [0.15, 0.2) is 0 Å². The van der Waals surface area contributed by atoms with Gasteiger partial charge in [-0.2, -0.15) is 0 Å². The molecule has 0 atom stereocenters. The molecule has 12 aromatic rings. The van der Waals surface area contributed by atoms with Crippen LogP contribution in [0.15, 0.2) is 174 Å². The Morgan fingerprint density at radius 3 is 1.25 bits per heavy atom. The third kappa shape index (κ3) is 3.62. The van der Waals surface area contributed by atoms with Gasteiger partial charge in [-0.25, -0.2) is 0 Å². The van der Waals surface area contributed by atoms with Crippen LogP contribution in [0, 0.1) is 0 Å². The Labute approximate surface area is 291 Å². The first kappa shape index (κ1) is 27.0. The van der Waals surface area contributed by atoms with E-state index in [1.54, 1.807) is 0 Å². The zero-order chi connectivity index (χ0) is 33.2. The molecular formula is C48H28N2O. The lowest BCUT2D eigenvalue weighted by Gasteiger charge is -2.14. The standard InChI is InChI=1S/C48H28N2O/c1-2-13-33-31(11-1)32-12-3-4-14-34(32)40-25-29(21-23-35(33)40)49-43-18-8-5-15-36(43)41-28-46-42(27-45(41)49)37-16-6-9-19-44(37)50(46)30-22-24-39-38-17-7-10-20-47(38)51-48(39)26-30/h1-28H. The monoisotopic (exact) mass is 648 g/mol. The van der Waals surface area contributed by atoms with E-state index in [0.717, 1.165) is 33.3 Å². The summed E-state index contributed by atoms with van der Waals surface area (Å²) in [4.78, 5) is 0. The summed E-state index contributed by atoms with van der Waals surface area (Å²) in [6, 6.07) is 61.9. The van der Waals surface area contributed by atoms with Crippen LogP contribution in [0.1, 0.15) is 0 Å². The predicted molar refractivity (Wildman–Crippen MR) is 215 cm³/mol. The summed E-state index contributed by atoms with van der Waals surface area (Å²) in [5, 5.41) is 14.9. The Balaban J connectivity index is 1.17. The van der Waals surface area contributed by atoms with E-state index < -0.39 is 0 Å². The van der Waals surface area contributed by atoms with Crippen molar-refractivity contribution < 1.29 is 4.42 Å². The van der Waals surface area contributed by atoms with Gasteiger partial charge in [-0.3, -0.25) is 0 Å². The summed E-state index contributed by atoms with van der Waals surface area (Å²) >= 11 is 0. The number of nitrogens with zero attached hydrogens (tertiary/aromatic N) is 2. The summed E-state index contributed by atoms with van der Waals surface area (Å²) in [6.07, 6.45) is 0. The molecule has 0 aliphatic heterocycles. The maximum absolute atomic E-state index is 6.36. The van der Waals surface area contributed by atoms with Crippen molar-refractivity contribution in [3.63, 3.8) is 0 Å². The largest absolute Gasteiger partial charge is 0.456 e. The number of hydrogen-bond donors (Lipinski definition) is 0. The molecule has 3 heteroatoms. The average molecular weight is 649 g/mol. The minimum Gasteiger partial charge on any atom is -0.456 e. The molecular weight excluding hydrogens is 621 g/mol. The Hall–Kier alpha value is -6.84. The van der Waals surface area contributed by atoms with Crippen LogP contribution in [0.5, 0.6) is 0 Å². The molecule has 12 rings (SSSR count). The van der Waals surface area contributed by atoms with Gasteiger partial charge in [0.05, 0.1) is 22.1 Å². The fourth-order valence-electron chi connectivity index (χ4n) is 8.88. The number of benzene rings is 9. The quantitative estimate of drug-likeness (QED) is 0.171. The van der Waals surface area contributed by atoms with Gasteiger partial charge in [0, 0.05) is 49.8 Å². The second-order valence-electron chi connectivity index (χ2n) is 13.7. The Kier molecular flexibility index (Phi) is 5.23. The molecule has 3 nitrogen and oxygen atoms in total. The number of hydrogen-bond acceptors (Lipinski definition) is 1. The maximum Gasteiger partial charge on any atom is 0.137 e. The lowest BCUT2D eigenvalue weighted by atomic mass is 9.94. The Bertz CT molecular complexity index is 3390. The van der Waals surface area contributed by atoms with Gasteiger partial charge in [0.25, 0.3) is 0 Å². The minimum absolute atomic E-state index is 0.897. The van der Waals surface area contributed by atoms with Crippen molar-refractivity contribution in [2.45, 2.75) is 0 Å². The first-order chi connectivity index (χ1) is 25.3. The molecule has 0 spiro atoms. The molecule has 0 saturated carbocycles. The molecule has 9 aromatic carbocycles. The molecule has 0 amide bonds. The number of para-hydroxylation sites is 3. The van der Waals surface area contributed by atoms with E-state index in [1.165, 1.54) is 75.9 Å². The highest BCUT2D eigenvalue weighted by Crippen LogP contribution is 2.42. The molecule has 0 aliphatic carbocycles. The predicted octanol–water partition coefficient (Wildman–Crippen LogP) is 13.2. The van der Waals surface area contributed by atoms with Gasteiger partial charge >= 0.3 is 0 Å². The third-order valence-corrected chi connectivity index (χ3v) is 11.1. The van der Waals surface area contributed by atoms with E-state index in [4.69, 9.17) is 4.42 Å². The van der Waals surface area contributed by atoms with Crippen LogP contribution in [-0.4, -0.2) is 9.13 Å². The molecule has 0 saturated heterocycles. The van der Waals surface area contributed by atoms with E-state index in [2.05, 4.69) is 167 Å². The van der Waals surface area contributed by atoms with Gasteiger partial charge in [0.2, 0.25) is 0 Å². The zero-order valence-corrected chi connectivity index (χ0v) is 27.5. The van der Waals surface area contributed by atoms with E-state index in [9.17, 15) is 0 Å². The van der Waals surface area contributed by atoms with E-state index >= 15 is 0 Å². The average Bonchev–Trinajstić information content (AvgIpc) is 3.84. The van der Waals surface area contributed by atoms with Gasteiger partial charge in [0.1, 0.15) is 11.2 Å². The number of aromatic nitrogens is 2. The number of furan rings is 1. The molecule has 0 radical (unpaired) electrons. The molecule has 3 aromatic heterocycles. The van der Waals surface area contributed by atoms with Gasteiger partial charge in [-0.1, -0.05) is 109 Å². The first-order valence-electron chi connectivity index (χ1n) is 17.5. The summed E-state index contributed by atoms with van der Waals surface area (Å²) in [5.41, 5.74) is 8.81. The number of fused-ring (bicyclic) bond motifs is 15. The van der Waals surface area contributed by atoms with Crippen molar-refractivity contribution in [3.05, 3.63) is 170 Å². The Morgan fingerprint density at radius 2 is 0.667 bits per heavy atom. The molecule has 3 heterocycles. The van der Waals surface area contributed by atoms with E-state index in [0.29, 0.717) is 0 Å². The number of rotatable bonds is 2. The highest BCUT2D eigenvalue weighted by atomic mass is 16.3. The molecule has 0 N–H and O–H groups in total. The molecule has 236 valence electrons. The molecule has 0 bridgehead atoms. The van der Waals surface area contributed by atoms with Crippen molar-refractivity contribution in [2.24, 2.45) is 0 Å². The third-order valence-electron chi connectivity index (χ3n) is 11.1. The van der Waals surface area contributed by atoms with Crippen LogP contribution < -0.4 is 0 Å². The lowest BCUT2D eigenvalue weighted by Crippen LogP contribution is -1.95. The zero-order valence-electron chi connectivity index (χ0n) is 27.5. The fraction of sp³-hybridized carbons (Fsp3) is 0. The fourth-order valence-corrected chi connectivity index (χ4v) is 8.88. The molecule has 0 fully saturated rings. The molecule has 0 unspecified atom stereocenters. The van der Waals surface area contributed by atoms with Crippen molar-refractivity contribution in [1.82, 2.24) is 9.13 Å². The highest BCUT2D eigenvalue weighted by Gasteiger charge is 2.20. The second-order valence-corrected chi connectivity index (χ2v) is 13.7. The summed E-state index contributed by atoms with van der Waals surface area (Å²) in [7, 11) is 0. The van der Waals surface area contributed by atoms with Gasteiger partial charge in [-0.15, -0.1) is 0 Å². The first-order valence-corrected chi connectivity index (χ1v) is 17.5. The van der Waals surface area contributed by atoms with Crippen LogP contribution in [0.25, 0.3) is 109 Å². The highest BCUT2D eigenvalue weighted by molar-refractivity contribution is 6.26. The smallest absolute Gasteiger partial charge is 0.137 e.